The van der Waals surface area contributed by atoms with Crippen LogP contribution in [0.15, 0.2) is 54.6 Å². The molecule has 0 saturated carbocycles. The number of anilines is 1. The van der Waals surface area contributed by atoms with Crippen molar-refractivity contribution in [2.45, 2.75) is 109 Å². The normalized spacial score (nSPS) is 15.4. The van der Waals surface area contributed by atoms with Crippen LogP contribution in [0.2, 0.25) is 0 Å². The molecule has 4 heteroatoms. The molecule has 3 rings (SSSR count). The van der Waals surface area contributed by atoms with Crippen LogP contribution in [0.1, 0.15) is 115 Å². The minimum absolute atomic E-state index is 0.0190. The lowest BCUT2D eigenvalue weighted by molar-refractivity contribution is -0.119. The number of hydrazine groups is 1. The number of carbonyl (C=O) groups excluding carboxylic acids is 1. The number of nitrogens with one attached hydrogen (secondary N) is 1. The van der Waals surface area contributed by atoms with Gasteiger partial charge in [0, 0.05) is 0 Å². The predicted molar refractivity (Wildman–Crippen MR) is 147 cm³/mol. The summed E-state index contributed by atoms with van der Waals surface area (Å²) in [5, 5.41) is 1.97. The number of benzene rings is 2. The first-order valence-corrected chi connectivity index (χ1v) is 14.1. The van der Waals surface area contributed by atoms with E-state index in [4.69, 9.17) is 4.74 Å². The summed E-state index contributed by atoms with van der Waals surface area (Å²) in [7, 11) is 0. The highest BCUT2D eigenvalue weighted by Crippen LogP contribution is 2.33. The van der Waals surface area contributed by atoms with Gasteiger partial charge in [-0.15, -0.1) is 0 Å². The lowest BCUT2D eigenvalue weighted by Crippen LogP contribution is -2.34. The molecular weight excluding hydrogens is 432 g/mol. The van der Waals surface area contributed by atoms with E-state index in [0.717, 1.165) is 30.0 Å². The van der Waals surface area contributed by atoms with Gasteiger partial charge in [-0.1, -0.05) is 121 Å². The Morgan fingerprint density at radius 2 is 1.37 bits per heavy atom. The molecule has 2 aromatic rings. The molecule has 1 saturated heterocycles. The van der Waals surface area contributed by atoms with E-state index >= 15 is 0 Å². The van der Waals surface area contributed by atoms with Crippen LogP contribution >= 0.6 is 0 Å². The van der Waals surface area contributed by atoms with Gasteiger partial charge in [-0.2, -0.15) is 0 Å². The SMILES string of the molecule is CCCCCCCCCCCCCCCCOc1cccc(C2CC(=O)NN2c2ccccc2)c1. The van der Waals surface area contributed by atoms with Crippen molar-refractivity contribution in [3.63, 3.8) is 0 Å². The first-order valence-electron chi connectivity index (χ1n) is 14.1. The van der Waals surface area contributed by atoms with Crippen LogP contribution in [0.5, 0.6) is 5.75 Å². The van der Waals surface area contributed by atoms with Crippen molar-refractivity contribution in [1.29, 1.82) is 0 Å². The van der Waals surface area contributed by atoms with E-state index in [0.29, 0.717) is 6.42 Å². The molecule has 1 aliphatic heterocycles. The predicted octanol–water partition coefficient (Wildman–Crippen LogP) is 8.53. The van der Waals surface area contributed by atoms with Gasteiger partial charge in [0.25, 0.3) is 0 Å². The third kappa shape index (κ3) is 9.95. The Labute approximate surface area is 213 Å². The number of hydrogen-bond donors (Lipinski definition) is 1. The van der Waals surface area contributed by atoms with Crippen LogP contribution in [0.25, 0.3) is 0 Å². The smallest absolute Gasteiger partial charge is 0.241 e. The molecule has 1 aliphatic rings. The number of amides is 1. The number of unbranched alkanes of at least 4 members (excludes halogenated alkanes) is 13. The Morgan fingerprint density at radius 1 is 0.771 bits per heavy atom. The second-order valence-corrected chi connectivity index (χ2v) is 9.98. The first kappa shape index (κ1) is 27.1. The van der Waals surface area contributed by atoms with Gasteiger partial charge in [0.05, 0.1) is 24.8 Å². The zero-order chi connectivity index (χ0) is 24.6. The van der Waals surface area contributed by atoms with Crippen molar-refractivity contribution in [3.05, 3.63) is 60.2 Å². The molecule has 0 radical (unpaired) electrons. The molecule has 1 fully saturated rings. The highest BCUT2D eigenvalue weighted by Gasteiger charge is 2.31. The average molecular weight is 479 g/mol. The van der Waals surface area contributed by atoms with Crippen LogP contribution < -0.4 is 15.2 Å². The maximum atomic E-state index is 12.1. The molecule has 2 aromatic carbocycles. The van der Waals surface area contributed by atoms with Crippen LogP contribution in [-0.2, 0) is 4.79 Å². The monoisotopic (exact) mass is 478 g/mol. The molecule has 192 valence electrons. The zero-order valence-corrected chi connectivity index (χ0v) is 21.9. The minimum atomic E-state index is -0.0190. The van der Waals surface area contributed by atoms with Gasteiger partial charge in [-0.25, -0.2) is 0 Å². The third-order valence-electron chi connectivity index (χ3n) is 6.98. The Hall–Kier alpha value is -2.49. The topological polar surface area (TPSA) is 41.6 Å². The molecule has 1 N–H and O–H groups in total. The molecule has 0 aromatic heterocycles. The molecule has 35 heavy (non-hydrogen) atoms. The maximum Gasteiger partial charge on any atom is 0.241 e. The van der Waals surface area contributed by atoms with E-state index in [1.165, 1.54) is 83.5 Å². The van der Waals surface area contributed by atoms with Crippen LogP contribution in [-0.4, -0.2) is 12.5 Å². The molecule has 1 atom stereocenters. The van der Waals surface area contributed by atoms with Gasteiger partial charge in [0.15, 0.2) is 0 Å². The summed E-state index contributed by atoms with van der Waals surface area (Å²) in [5.41, 5.74) is 5.09. The highest BCUT2D eigenvalue weighted by atomic mass is 16.5. The molecule has 0 spiro atoms. The van der Waals surface area contributed by atoms with Gasteiger partial charge in [-0.3, -0.25) is 15.2 Å². The summed E-state index contributed by atoms with van der Waals surface area (Å²) in [6, 6.07) is 18.2. The van der Waals surface area contributed by atoms with Crippen LogP contribution in [0.4, 0.5) is 5.69 Å². The van der Waals surface area contributed by atoms with E-state index in [1.54, 1.807) is 0 Å². The summed E-state index contributed by atoms with van der Waals surface area (Å²) < 4.78 is 6.06. The number of para-hydroxylation sites is 1. The molecule has 1 unspecified atom stereocenters. The second kappa shape index (κ2) is 16.2. The van der Waals surface area contributed by atoms with Crippen molar-refractivity contribution in [2.75, 3.05) is 11.6 Å². The van der Waals surface area contributed by atoms with Crippen molar-refractivity contribution in [1.82, 2.24) is 5.43 Å². The van der Waals surface area contributed by atoms with Gasteiger partial charge in [0.2, 0.25) is 5.91 Å². The fourth-order valence-electron chi connectivity index (χ4n) is 4.92. The maximum absolute atomic E-state index is 12.1. The van der Waals surface area contributed by atoms with Gasteiger partial charge in [-0.05, 0) is 36.2 Å². The lowest BCUT2D eigenvalue weighted by atomic mass is 10.0. The zero-order valence-electron chi connectivity index (χ0n) is 21.9. The van der Waals surface area contributed by atoms with E-state index < -0.39 is 0 Å². The minimum Gasteiger partial charge on any atom is -0.494 e. The standard InChI is InChI=1S/C31H46N2O2/c1-2-3-4-5-6-7-8-9-10-11-12-13-14-18-24-35-29-23-19-20-27(25-29)30-26-31(34)32-33(30)28-21-16-15-17-22-28/h15-17,19-23,25,30H,2-14,18,24,26H2,1H3,(H,32,34). The Morgan fingerprint density at radius 3 is 2.00 bits per heavy atom. The Balaban J connectivity index is 1.26. The molecular formula is C31H46N2O2. The molecule has 0 bridgehead atoms. The second-order valence-electron chi connectivity index (χ2n) is 9.98. The van der Waals surface area contributed by atoms with Crippen molar-refractivity contribution in [3.8, 4) is 5.75 Å². The first-order chi connectivity index (χ1) is 17.3. The lowest BCUT2D eigenvalue weighted by Gasteiger charge is -2.26. The van der Waals surface area contributed by atoms with Crippen LogP contribution in [0.3, 0.4) is 0 Å². The third-order valence-corrected chi connectivity index (χ3v) is 6.98. The summed E-state index contributed by atoms with van der Waals surface area (Å²) in [5.74, 6) is 0.942. The molecule has 0 aliphatic carbocycles. The van der Waals surface area contributed by atoms with Crippen molar-refractivity contribution in [2.24, 2.45) is 0 Å². The summed E-state index contributed by atoms with van der Waals surface area (Å²) in [4.78, 5) is 12.1. The molecule has 1 heterocycles. The van der Waals surface area contributed by atoms with Gasteiger partial charge < -0.3 is 4.74 Å². The van der Waals surface area contributed by atoms with Crippen molar-refractivity contribution < 1.29 is 9.53 Å². The number of rotatable bonds is 18. The fourth-order valence-corrected chi connectivity index (χ4v) is 4.92. The largest absolute Gasteiger partial charge is 0.494 e. The Bertz CT molecular complexity index is 839. The van der Waals surface area contributed by atoms with Crippen molar-refractivity contribution >= 4 is 11.6 Å². The van der Waals surface area contributed by atoms with E-state index in [9.17, 15) is 4.79 Å². The summed E-state index contributed by atoms with van der Waals surface area (Å²) in [6.45, 7) is 3.04. The summed E-state index contributed by atoms with van der Waals surface area (Å²) in [6.07, 6.45) is 19.5. The Kier molecular flexibility index (Phi) is 12.6. The van der Waals surface area contributed by atoms with Gasteiger partial charge in [0.1, 0.15) is 5.75 Å². The highest BCUT2D eigenvalue weighted by molar-refractivity contribution is 5.83. The fraction of sp³-hybridized carbons (Fsp3) is 0.581. The number of nitrogens with zero attached hydrogens (tertiary/aromatic N) is 1. The van der Waals surface area contributed by atoms with E-state index in [-0.39, 0.29) is 11.9 Å². The van der Waals surface area contributed by atoms with E-state index in [2.05, 4.69) is 24.5 Å². The van der Waals surface area contributed by atoms with E-state index in [1.807, 2.05) is 47.5 Å². The quantitative estimate of drug-likeness (QED) is 0.218. The average Bonchev–Trinajstić information content (AvgIpc) is 3.29. The molecule has 4 nitrogen and oxygen atoms in total. The number of carbonyl (C=O) groups is 1. The molecule has 1 amide bonds. The summed E-state index contributed by atoms with van der Waals surface area (Å²) >= 11 is 0. The van der Waals surface area contributed by atoms with Crippen LogP contribution in [0, 0.1) is 0 Å². The van der Waals surface area contributed by atoms with Gasteiger partial charge >= 0.3 is 0 Å². The number of ether oxygens (including phenoxy) is 1. The number of hydrogen-bond acceptors (Lipinski definition) is 3.